The second-order valence-corrected chi connectivity index (χ2v) is 3.01. The van der Waals surface area contributed by atoms with E-state index < -0.39 is 11.6 Å². The van der Waals surface area contributed by atoms with E-state index in [-0.39, 0.29) is 18.2 Å². The molecular weight excluding hydrogens is 186 g/mol. The summed E-state index contributed by atoms with van der Waals surface area (Å²) in [6.45, 7) is 1.90. The molecule has 0 spiro atoms. The van der Waals surface area contributed by atoms with E-state index in [2.05, 4.69) is 5.32 Å². The van der Waals surface area contributed by atoms with E-state index >= 15 is 0 Å². The van der Waals surface area contributed by atoms with Gasteiger partial charge in [-0.15, -0.1) is 0 Å². The van der Waals surface area contributed by atoms with Crippen molar-refractivity contribution in [3.05, 3.63) is 29.8 Å². The molecule has 2 nitrogen and oxygen atoms in total. The van der Waals surface area contributed by atoms with E-state index in [1.807, 2.05) is 6.07 Å². The highest BCUT2D eigenvalue weighted by molar-refractivity contribution is 5.46. The van der Waals surface area contributed by atoms with Crippen molar-refractivity contribution in [3.63, 3.8) is 0 Å². The van der Waals surface area contributed by atoms with Crippen LogP contribution in [0.15, 0.2) is 18.2 Å². The molecule has 0 fully saturated rings. The Balaban J connectivity index is 2.72. The van der Waals surface area contributed by atoms with E-state index in [0.29, 0.717) is 0 Å². The minimum absolute atomic E-state index is 0.172. The molecule has 0 radical (unpaired) electrons. The van der Waals surface area contributed by atoms with E-state index in [1.54, 1.807) is 6.92 Å². The molecule has 1 rings (SSSR count). The second-order valence-electron chi connectivity index (χ2n) is 3.01. The first-order valence-corrected chi connectivity index (χ1v) is 4.22. The van der Waals surface area contributed by atoms with Crippen molar-refractivity contribution in [1.82, 2.24) is 0 Å². The average Bonchev–Trinajstić information content (AvgIpc) is 2.16. The standard InChI is InChI=1S/C10H10F2N2/c1-7(5-13)6-14-10-8(11)3-2-4-9(10)12/h2-4,7,14H,6H2,1H3. The van der Waals surface area contributed by atoms with Crippen molar-refractivity contribution < 1.29 is 8.78 Å². The molecule has 0 aliphatic rings. The van der Waals surface area contributed by atoms with Crippen LogP contribution in [0.4, 0.5) is 14.5 Å². The molecule has 0 saturated heterocycles. The van der Waals surface area contributed by atoms with Gasteiger partial charge in [-0.2, -0.15) is 5.26 Å². The summed E-state index contributed by atoms with van der Waals surface area (Å²) in [5, 5.41) is 11.0. The molecule has 4 heteroatoms. The molecule has 74 valence electrons. The van der Waals surface area contributed by atoms with Crippen LogP contribution >= 0.6 is 0 Å². The first-order valence-electron chi connectivity index (χ1n) is 4.22. The summed E-state index contributed by atoms with van der Waals surface area (Å²) in [6.07, 6.45) is 0. The fourth-order valence-electron chi connectivity index (χ4n) is 0.967. The lowest BCUT2D eigenvalue weighted by Gasteiger charge is -2.08. The van der Waals surface area contributed by atoms with Gasteiger partial charge in [0, 0.05) is 6.54 Å². The molecule has 0 heterocycles. The Morgan fingerprint density at radius 1 is 1.43 bits per heavy atom. The zero-order valence-corrected chi connectivity index (χ0v) is 7.72. The number of nitriles is 1. The Labute approximate surface area is 81.2 Å². The average molecular weight is 196 g/mol. The maximum atomic E-state index is 13.0. The Kier molecular flexibility index (Phi) is 3.41. The Bertz CT molecular complexity index is 337. The predicted molar refractivity (Wildman–Crippen MR) is 49.6 cm³/mol. The number of para-hydroxylation sites is 1. The summed E-state index contributed by atoms with van der Waals surface area (Å²) < 4.78 is 26.0. The molecule has 1 atom stereocenters. The minimum atomic E-state index is -0.643. The third-order valence-electron chi connectivity index (χ3n) is 1.77. The van der Waals surface area contributed by atoms with Crippen molar-refractivity contribution in [1.29, 1.82) is 5.26 Å². The molecule has 1 aromatic rings. The van der Waals surface area contributed by atoms with E-state index in [9.17, 15) is 8.78 Å². The fourth-order valence-corrected chi connectivity index (χ4v) is 0.967. The van der Waals surface area contributed by atoms with Crippen LogP contribution in [0.25, 0.3) is 0 Å². The maximum absolute atomic E-state index is 13.0. The van der Waals surface area contributed by atoms with Crippen LogP contribution in [-0.2, 0) is 0 Å². The van der Waals surface area contributed by atoms with Crippen LogP contribution in [0.3, 0.4) is 0 Å². The number of rotatable bonds is 3. The number of benzene rings is 1. The van der Waals surface area contributed by atoms with Gasteiger partial charge in [-0.05, 0) is 19.1 Å². The molecule has 0 amide bonds. The number of halogens is 2. The third kappa shape index (κ3) is 2.43. The van der Waals surface area contributed by atoms with Gasteiger partial charge in [-0.3, -0.25) is 0 Å². The highest BCUT2D eigenvalue weighted by Gasteiger charge is 2.08. The van der Waals surface area contributed by atoms with E-state index in [4.69, 9.17) is 5.26 Å². The zero-order valence-electron chi connectivity index (χ0n) is 7.72. The molecule has 0 bridgehead atoms. The van der Waals surface area contributed by atoms with Crippen molar-refractivity contribution in [3.8, 4) is 6.07 Å². The summed E-state index contributed by atoms with van der Waals surface area (Å²) in [4.78, 5) is 0. The third-order valence-corrected chi connectivity index (χ3v) is 1.77. The summed E-state index contributed by atoms with van der Waals surface area (Å²) in [7, 11) is 0. The van der Waals surface area contributed by atoms with Crippen LogP contribution in [0.1, 0.15) is 6.92 Å². The van der Waals surface area contributed by atoms with Gasteiger partial charge in [0.25, 0.3) is 0 Å². The molecule has 0 aromatic heterocycles. The Morgan fingerprint density at radius 2 is 2.00 bits per heavy atom. The van der Waals surface area contributed by atoms with Crippen LogP contribution in [-0.4, -0.2) is 6.54 Å². The van der Waals surface area contributed by atoms with E-state index in [1.165, 1.54) is 18.2 Å². The molecular formula is C10H10F2N2. The SMILES string of the molecule is CC(C#N)CNc1c(F)cccc1F. The topological polar surface area (TPSA) is 35.8 Å². The minimum Gasteiger partial charge on any atom is -0.379 e. The molecule has 1 aromatic carbocycles. The summed E-state index contributed by atoms with van der Waals surface area (Å²) >= 11 is 0. The normalized spacial score (nSPS) is 11.9. The second kappa shape index (κ2) is 4.56. The molecule has 1 N–H and O–H groups in total. The number of hydrogen-bond donors (Lipinski definition) is 1. The van der Waals surface area contributed by atoms with Gasteiger partial charge >= 0.3 is 0 Å². The van der Waals surface area contributed by atoms with Crippen molar-refractivity contribution in [2.45, 2.75) is 6.92 Å². The lowest BCUT2D eigenvalue weighted by molar-refractivity contribution is 0.586. The highest BCUT2D eigenvalue weighted by Crippen LogP contribution is 2.17. The van der Waals surface area contributed by atoms with Gasteiger partial charge in [0.1, 0.15) is 17.3 Å². The number of nitrogens with zero attached hydrogens (tertiary/aromatic N) is 1. The van der Waals surface area contributed by atoms with Crippen molar-refractivity contribution in [2.24, 2.45) is 5.92 Å². The zero-order chi connectivity index (χ0) is 10.6. The predicted octanol–water partition coefficient (Wildman–Crippen LogP) is 2.54. The number of hydrogen-bond acceptors (Lipinski definition) is 2. The van der Waals surface area contributed by atoms with Crippen LogP contribution in [0.5, 0.6) is 0 Å². The molecule has 0 aliphatic heterocycles. The Hall–Kier alpha value is -1.63. The largest absolute Gasteiger partial charge is 0.379 e. The Morgan fingerprint density at radius 3 is 2.50 bits per heavy atom. The van der Waals surface area contributed by atoms with Gasteiger partial charge in [-0.1, -0.05) is 6.07 Å². The molecule has 1 unspecified atom stereocenters. The van der Waals surface area contributed by atoms with Crippen molar-refractivity contribution in [2.75, 3.05) is 11.9 Å². The smallest absolute Gasteiger partial charge is 0.149 e. The van der Waals surface area contributed by atoms with Gasteiger partial charge < -0.3 is 5.32 Å². The lowest BCUT2D eigenvalue weighted by atomic mass is 10.2. The van der Waals surface area contributed by atoms with Crippen LogP contribution in [0.2, 0.25) is 0 Å². The van der Waals surface area contributed by atoms with Crippen LogP contribution in [0, 0.1) is 28.9 Å². The van der Waals surface area contributed by atoms with Gasteiger partial charge in [0.2, 0.25) is 0 Å². The summed E-state index contributed by atoms with van der Waals surface area (Å²) in [6, 6.07) is 5.60. The lowest BCUT2D eigenvalue weighted by Crippen LogP contribution is -2.11. The van der Waals surface area contributed by atoms with Crippen molar-refractivity contribution >= 4 is 5.69 Å². The van der Waals surface area contributed by atoms with Gasteiger partial charge in [0.05, 0.1) is 12.0 Å². The first kappa shape index (κ1) is 10.5. The molecule has 0 aliphatic carbocycles. The van der Waals surface area contributed by atoms with Gasteiger partial charge in [0.15, 0.2) is 0 Å². The van der Waals surface area contributed by atoms with E-state index in [0.717, 1.165) is 0 Å². The summed E-state index contributed by atoms with van der Waals surface area (Å²) in [5.41, 5.74) is -0.172. The quantitative estimate of drug-likeness (QED) is 0.806. The highest BCUT2D eigenvalue weighted by atomic mass is 19.1. The summed E-state index contributed by atoms with van der Waals surface area (Å²) in [5.74, 6) is -1.57. The molecule has 0 saturated carbocycles. The van der Waals surface area contributed by atoms with Gasteiger partial charge in [-0.25, -0.2) is 8.78 Å². The van der Waals surface area contributed by atoms with Crippen LogP contribution < -0.4 is 5.32 Å². The first-order chi connectivity index (χ1) is 6.65. The number of anilines is 1. The monoisotopic (exact) mass is 196 g/mol. The fraction of sp³-hybridized carbons (Fsp3) is 0.300. The molecule has 14 heavy (non-hydrogen) atoms. The maximum Gasteiger partial charge on any atom is 0.149 e. The number of nitrogens with one attached hydrogen (secondary N) is 1.